The van der Waals surface area contributed by atoms with E-state index in [9.17, 15) is 24.6 Å². The second-order valence-corrected chi connectivity index (χ2v) is 3.82. The lowest BCUT2D eigenvalue weighted by atomic mass is 9.83. The first-order valence-corrected chi connectivity index (χ1v) is 4.41. The Morgan fingerprint density at radius 1 is 1.06 bits per heavy atom. The molecule has 4 N–H and O–H groups in total. The zero-order valence-electron chi connectivity index (χ0n) is 9.09. The van der Waals surface area contributed by atoms with Crippen LogP contribution in [0.5, 0.6) is 0 Å². The first-order chi connectivity index (χ1) is 6.95. The van der Waals surface area contributed by atoms with Gasteiger partial charge in [-0.1, -0.05) is 0 Å². The molecular weight excluding hydrogens is 220 g/mol. The molecule has 0 amide bonds. The van der Waals surface area contributed by atoms with E-state index in [-0.39, 0.29) is 0 Å². The standard InChI is InChI=1S/C9H14O7/c1-4(10)5(11)8(2,15)6(12)9(3,16)7(13)14/h4,10,15-16H,1-3H3,(H,13,14). The molecule has 0 heterocycles. The van der Waals surface area contributed by atoms with Crippen molar-refractivity contribution in [1.82, 2.24) is 0 Å². The molecule has 0 aliphatic heterocycles. The van der Waals surface area contributed by atoms with Gasteiger partial charge in [-0.05, 0) is 20.8 Å². The van der Waals surface area contributed by atoms with Crippen LogP contribution in [0.3, 0.4) is 0 Å². The highest BCUT2D eigenvalue weighted by Gasteiger charge is 2.52. The molecule has 7 nitrogen and oxygen atoms in total. The summed E-state index contributed by atoms with van der Waals surface area (Å²) in [6.07, 6.45) is -1.65. The van der Waals surface area contributed by atoms with Gasteiger partial charge in [-0.25, -0.2) is 4.79 Å². The van der Waals surface area contributed by atoms with Crippen LogP contribution >= 0.6 is 0 Å². The Kier molecular flexibility index (Phi) is 3.93. The van der Waals surface area contributed by atoms with Crippen LogP contribution in [0.2, 0.25) is 0 Å². The zero-order valence-corrected chi connectivity index (χ0v) is 9.09. The number of rotatable bonds is 5. The number of Topliss-reactive ketones (excluding diaryl/α,β-unsaturated/α-hetero) is 2. The Hall–Kier alpha value is -1.31. The Balaban J connectivity index is 5.28. The molecule has 0 saturated carbocycles. The molecule has 0 rings (SSSR count). The molecule has 0 aromatic carbocycles. The maximum Gasteiger partial charge on any atom is 0.343 e. The average Bonchev–Trinajstić information content (AvgIpc) is 2.14. The summed E-state index contributed by atoms with van der Waals surface area (Å²) in [7, 11) is 0. The topological polar surface area (TPSA) is 132 Å². The van der Waals surface area contributed by atoms with Gasteiger partial charge in [-0.3, -0.25) is 9.59 Å². The van der Waals surface area contributed by atoms with Crippen molar-refractivity contribution in [2.45, 2.75) is 38.1 Å². The third-order valence-electron chi connectivity index (χ3n) is 2.16. The van der Waals surface area contributed by atoms with Crippen LogP contribution in [-0.4, -0.2) is 55.3 Å². The number of hydrogen-bond acceptors (Lipinski definition) is 6. The van der Waals surface area contributed by atoms with Crippen LogP contribution in [0.25, 0.3) is 0 Å². The second kappa shape index (κ2) is 4.28. The van der Waals surface area contributed by atoms with E-state index in [1.165, 1.54) is 0 Å². The lowest BCUT2D eigenvalue weighted by molar-refractivity contribution is -0.175. The highest BCUT2D eigenvalue weighted by Crippen LogP contribution is 2.19. The van der Waals surface area contributed by atoms with E-state index in [2.05, 4.69) is 0 Å². The van der Waals surface area contributed by atoms with Crippen molar-refractivity contribution in [2.75, 3.05) is 0 Å². The lowest BCUT2D eigenvalue weighted by Gasteiger charge is -2.27. The smallest absolute Gasteiger partial charge is 0.343 e. The summed E-state index contributed by atoms with van der Waals surface area (Å²) in [6.45, 7) is 2.38. The van der Waals surface area contributed by atoms with E-state index < -0.39 is 34.8 Å². The summed E-state index contributed by atoms with van der Waals surface area (Å²) in [6, 6.07) is 0. The quantitative estimate of drug-likeness (QED) is 0.408. The summed E-state index contributed by atoms with van der Waals surface area (Å²) >= 11 is 0. The van der Waals surface area contributed by atoms with Crippen molar-refractivity contribution < 1.29 is 34.8 Å². The molecular formula is C9H14O7. The average molecular weight is 234 g/mol. The van der Waals surface area contributed by atoms with Crippen molar-refractivity contribution in [1.29, 1.82) is 0 Å². The van der Waals surface area contributed by atoms with Crippen LogP contribution in [0.1, 0.15) is 20.8 Å². The first-order valence-electron chi connectivity index (χ1n) is 4.41. The predicted octanol–water partition coefficient (Wildman–Crippen LogP) is -1.91. The van der Waals surface area contributed by atoms with E-state index in [4.69, 9.17) is 10.2 Å². The predicted molar refractivity (Wildman–Crippen MR) is 50.6 cm³/mol. The maximum atomic E-state index is 11.5. The fourth-order valence-corrected chi connectivity index (χ4v) is 1.09. The van der Waals surface area contributed by atoms with Crippen molar-refractivity contribution in [3.8, 4) is 0 Å². The molecule has 0 aromatic heterocycles. The number of aliphatic hydroxyl groups is 3. The Bertz CT molecular complexity index is 327. The van der Waals surface area contributed by atoms with Crippen LogP contribution in [0, 0.1) is 0 Å². The fourth-order valence-electron chi connectivity index (χ4n) is 1.09. The second-order valence-electron chi connectivity index (χ2n) is 3.82. The molecule has 16 heavy (non-hydrogen) atoms. The normalized spacial score (nSPS) is 20.4. The van der Waals surface area contributed by atoms with Crippen LogP contribution in [-0.2, 0) is 14.4 Å². The SMILES string of the molecule is CC(O)C(=O)C(C)(O)C(=O)C(C)(O)C(=O)O. The molecule has 7 heteroatoms. The summed E-state index contributed by atoms with van der Waals surface area (Å²) in [5, 5.41) is 36.3. The number of carboxylic acids is 1. The molecule has 0 aliphatic carbocycles. The Labute approximate surface area is 91.3 Å². The summed E-state index contributed by atoms with van der Waals surface area (Å²) < 4.78 is 0. The molecule has 0 radical (unpaired) electrons. The van der Waals surface area contributed by atoms with Crippen molar-refractivity contribution in [3.63, 3.8) is 0 Å². The van der Waals surface area contributed by atoms with Gasteiger partial charge < -0.3 is 20.4 Å². The van der Waals surface area contributed by atoms with Crippen molar-refractivity contribution in [2.24, 2.45) is 0 Å². The molecule has 3 unspecified atom stereocenters. The van der Waals surface area contributed by atoms with Crippen LogP contribution < -0.4 is 0 Å². The Morgan fingerprint density at radius 2 is 1.44 bits per heavy atom. The number of hydrogen-bond donors (Lipinski definition) is 4. The molecule has 0 aliphatic rings. The lowest BCUT2D eigenvalue weighted by Crippen LogP contribution is -2.59. The molecule has 0 bridgehead atoms. The van der Waals surface area contributed by atoms with Gasteiger partial charge in [0.25, 0.3) is 0 Å². The minimum atomic E-state index is -2.89. The first kappa shape index (κ1) is 14.7. The van der Waals surface area contributed by atoms with Gasteiger partial charge in [0, 0.05) is 0 Å². The maximum absolute atomic E-state index is 11.5. The number of aliphatic hydroxyl groups excluding tert-OH is 1. The minimum Gasteiger partial charge on any atom is -0.479 e. The molecule has 0 fully saturated rings. The molecule has 0 aromatic rings. The Morgan fingerprint density at radius 3 is 1.69 bits per heavy atom. The van der Waals surface area contributed by atoms with E-state index in [1.54, 1.807) is 0 Å². The summed E-state index contributed by atoms with van der Waals surface area (Å²) in [5.41, 5.74) is -5.65. The fraction of sp³-hybridized carbons (Fsp3) is 0.667. The van der Waals surface area contributed by atoms with Crippen LogP contribution in [0.4, 0.5) is 0 Å². The van der Waals surface area contributed by atoms with Gasteiger partial charge in [0.05, 0.1) is 0 Å². The van der Waals surface area contributed by atoms with E-state index in [0.29, 0.717) is 6.92 Å². The van der Waals surface area contributed by atoms with Gasteiger partial charge in [0.2, 0.25) is 11.4 Å². The van der Waals surface area contributed by atoms with Gasteiger partial charge >= 0.3 is 5.97 Å². The number of carbonyl (C=O) groups excluding carboxylic acids is 2. The van der Waals surface area contributed by atoms with Gasteiger partial charge in [-0.15, -0.1) is 0 Å². The van der Waals surface area contributed by atoms with Crippen LogP contribution in [0.15, 0.2) is 0 Å². The summed E-state index contributed by atoms with van der Waals surface area (Å²) in [4.78, 5) is 33.3. The molecule has 92 valence electrons. The summed E-state index contributed by atoms with van der Waals surface area (Å²) in [5.74, 6) is -4.77. The molecule has 0 spiro atoms. The third kappa shape index (κ3) is 2.43. The van der Waals surface area contributed by atoms with Crippen molar-refractivity contribution in [3.05, 3.63) is 0 Å². The monoisotopic (exact) mass is 234 g/mol. The number of aliphatic carboxylic acids is 1. The largest absolute Gasteiger partial charge is 0.479 e. The van der Waals surface area contributed by atoms with E-state index in [1.807, 2.05) is 0 Å². The van der Waals surface area contributed by atoms with Gasteiger partial charge in [0.1, 0.15) is 6.10 Å². The minimum absolute atomic E-state index is 0.640. The third-order valence-corrected chi connectivity index (χ3v) is 2.16. The van der Waals surface area contributed by atoms with E-state index in [0.717, 1.165) is 13.8 Å². The number of ketones is 2. The molecule has 3 atom stereocenters. The van der Waals surface area contributed by atoms with E-state index >= 15 is 0 Å². The van der Waals surface area contributed by atoms with Gasteiger partial charge in [0.15, 0.2) is 11.4 Å². The zero-order chi connectivity index (χ0) is 13.3. The number of carbonyl (C=O) groups is 3. The van der Waals surface area contributed by atoms with Crippen molar-refractivity contribution >= 4 is 17.5 Å². The highest BCUT2D eigenvalue weighted by atomic mass is 16.4. The highest BCUT2D eigenvalue weighted by molar-refractivity contribution is 6.20. The molecule has 0 saturated heterocycles. The number of carboxylic acid groups (broad SMARTS) is 1. The van der Waals surface area contributed by atoms with Gasteiger partial charge in [-0.2, -0.15) is 0 Å².